The highest BCUT2D eigenvalue weighted by molar-refractivity contribution is 5.74. The molecule has 2 aromatic heterocycles. The molecule has 11 nitrogen and oxygen atoms in total. The lowest BCUT2D eigenvalue weighted by molar-refractivity contribution is -0.0501. The molecule has 0 aliphatic carbocycles. The van der Waals surface area contributed by atoms with Gasteiger partial charge >= 0.3 is 0 Å². The van der Waals surface area contributed by atoms with Crippen molar-refractivity contribution in [2.24, 2.45) is 0 Å². The molecule has 7 N–H and O–H groups in total. The van der Waals surface area contributed by atoms with Crippen LogP contribution in [0.1, 0.15) is 11.8 Å². The Morgan fingerprint density at radius 2 is 1.96 bits per heavy atom. The maximum absolute atomic E-state index is 12.2. The molecular formula is C17H20N6O5. The lowest BCUT2D eigenvalue weighted by Gasteiger charge is -2.19. The lowest BCUT2D eigenvalue weighted by atomic mass is 10.1. The van der Waals surface area contributed by atoms with Crippen molar-refractivity contribution in [2.45, 2.75) is 31.1 Å². The second-order valence-corrected chi connectivity index (χ2v) is 6.50. The fourth-order valence-corrected chi connectivity index (χ4v) is 3.24. The van der Waals surface area contributed by atoms with Gasteiger partial charge in [-0.15, -0.1) is 0 Å². The maximum Gasteiger partial charge on any atom is 0.280 e. The largest absolute Gasteiger partial charge is 0.394 e. The van der Waals surface area contributed by atoms with E-state index in [0.717, 1.165) is 5.56 Å². The number of anilines is 2. The Morgan fingerprint density at radius 3 is 2.64 bits per heavy atom. The fourth-order valence-electron chi connectivity index (χ4n) is 3.24. The van der Waals surface area contributed by atoms with Crippen LogP contribution in [0, 0.1) is 0 Å². The van der Waals surface area contributed by atoms with Crippen molar-refractivity contribution in [3.8, 4) is 0 Å². The van der Waals surface area contributed by atoms with Crippen molar-refractivity contribution in [2.75, 3.05) is 17.7 Å². The second-order valence-electron chi connectivity index (χ2n) is 6.50. The van der Waals surface area contributed by atoms with Crippen LogP contribution in [0.15, 0.2) is 35.1 Å². The molecule has 28 heavy (non-hydrogen) atoms. The zero-order valence-electron chi connectivity index (χ0n) is 14.7. The van der Waals surface area contributed by atoms with E-state index in [1.165, 1.54) is 4.57 Å². The zero-order valence-corrected chi connectivity index (χ0v) is 14.7. The summed E-state index contributed by atoms with van der Waals surface area (Å²) in [6, 6.07) is 9.49. The summed E-state index contributed by atoms with van der Waals surface area (Å²) >= 11 is 0. The first-order chi connectivity index (χ1) is 13.5. The lowest BCUT2D eigenvalue weighted by Crippen LogP contribution is -2.33. The number of fused-ring (bicyclic) bond motifs is 1. The monoisotopic (exact) mass is 388 g/mol. The second kappa shape index (κ2) is 7.20. The Morgan fingerprint density at radius 1 is 1.21 bits per heavy atom. The molecule has 3 heterocycles. The quantitative estimate of drug-likeness (QED) is 0.318. The molecule has 4 atom stereocenters. The number of nitrogens with zero attached hydrogens (tertiary/aromatic N) is 3. The number of aromatic nitrogens is 4. The molecule has 0 amide bonds. The summed E-state index contributed by atoms with van der Waals surface area (Å²) in [6.07, 6.45) is -4.79. The first-order valence-corrected chi connectivity index (χ1v) is 8.67. The summed E-state index contributed by atoms with van der Waals surface area (Å²) in [4.78, 5) is 23.0. The number of aliphatic hydroxyl groups is 3. The van der Waals surface area contributed by atoms with Gasteiger partial charge in [0.15, 0.2) is 17.4 Å². The van der Waals surface area contributed by atoms with Gasteiger partial charge in [0.1, 0.15) is 18.3 Å². The van der Waals surface area contributed by atoms with Crippen LogP contribution >= 0.6 is 0 Å². The van der Waals surface area contributed by atoms with Crippen LogP contribution in [0.2, 0.25) is 0 Å². The molecular weight excluding hydrogens is 368 g/mol. The highest BCUT2D eigenvalue weighted by atomic mass is 16.6. The molecule has 0 saturated carbocycles. The number of nitrogens with two attached hydrogens (primary N) is 1. The highest BCUT2D eigenvalue weighted by Gasteiger charge is 2.45. The topological polar surface area (TPSA) is 172 Å². The summed E-state index contributed by atoms with van der Waals surface area (Å²) in [5, 5.41) is 33.0. The van der Waals surface area contributed by atoms with E-state index < -0.39 is 36.7 Å². The van der Waals surface area contributed by atoms with Gasteiger partial charge in [0.2, 0.25) is 11.9 Å². The number of aromatic amines is 1. The highest BCUT2D eigenvalue weighted by Crippen LogP contribution is 2.34. The molecule has 0 spiro atoms. The number of imidazole rings is 1. The van der Waals surface area contributed by atoms with Crippen molar-refractivity contribution in [1.29, 1.82) is 0 Å². The molecule has 1 aliphatic rings. The van der Waals surface area contributed by atoms with Crippen molar-refractivity contribution in [3.63, 3.8) is 0 Å². The third-order valence-corrected chi connectivity index (χ3v) is 4.63. The summed E-state index contributed by atoms with van der Waals surface area (Å²) in [7, 11) is 0. The summed E-state index contributed by atoms with van der Waals surface area (Å²) in [6.45, 7) is -0.101. The van der Waals surface area contributed by atoms with E-state index in [2.05, 4.69) is 20.3 Å². The van der Waals surface area contributed by atoms with Crippen LogP contribution in [0.25, 0.3) is 11.2 Å². The van der Waals surface area contributed by atoms with E-state index in [1.807, 2.05) is 30.3 Å². The number of benzene rings is 1. The maximum atomic E-state index is 12.2. The molecule has 1 saturated heterocycles. The Bertz CT molecular complexity index is 1040. The SMILES string of the molecule is Nc1nc2c(nc(NCc3ccccc3)n2[C@H]2O[C@@H](CO)[C@H](O)[C@@H]2O)c(=O)[nH]1. The first-order valence-electron chi connectivity index (χ1n) is 8.67. The molecule has 11 heteroatoms. The summed E-state index contributed by atoms with van der Waals surface area (Å²) < 4.78 is 6.97. The van der Waals surface area contributed by atoms with Gasteiger partial charge in [0.05, 0.1) is 6.61 Å². The normalized spacial score (nSPS) is 24.7. The Labute approximate surface area is 158 Å². The van der Waals surface area contributed by atoms with Crippen LogP contribution in [0.3, 0.4) is 0 Å². The van der Waals surface area contributed by atoms with Crippen LogP contribution < -0.4 is 16.6 Å². The first kappa shape index (κ1) is 18.4. The summed E-state index contributed by atoms with van der Waals surface area (Å²) in [5.41, 5.74) is 6.17. The minimum atomic E-state index is -1.37. The van der Waals surface area contributed by atoms with E-state index in [4.69, 9.17) is 10.5 Å². The van der Waals surface area contributed by atoms with Gasteiger partial charge in [-0.1, -0.05) is 30.3 Å². The average molecular weight is 388 g/mol. The number of nitrogens with one attached hydrogen (secondary N) is 2. The van der Waals surface area contributed by atoms with Gasteiger partial charge in [-0.25, -0.2) is 4.98 Å². The molecule has 1 aromatic carbocycles. The molecule has 4 rings (SSSR count). The van der Waals surface area contributed by atoms with Crippen molar-refractivity contribution >= 4 is 23.1 Å². The number of ether oxygens (including phenoxy) is 1. The van der Waals surface area contributed by atoms with Crippen molar-refractivity contribution in [3.05, 3.63) is 46.2 Å². The van der Waals surface area contributed by atoms with E-state index in [0.29, 0.717) is 6.54 Å². The minimum Gasteiger partial charge on any atom is -0.394 e. The molecule has 0 unspecified atom stereocenters. The van der Waals surface area contributed by atoms with Crippen LogP contribution in [-0.2, 0) is 11.3 Å². The average Bonchev–Trinajstić information content (AvgIpc) is 3.18. The Balaban J connectivity index is 1.79. The van der Waals surface area contributed by atoms with Crippen LogP contribution in [-0.4, -0.2) is 59.8 Å². The number of H-pyrrole nitrogens is 1. The van der Waals surface area contributed by atoms with Gasteiger partial charge < -0.3 is 31.1 Å². The van der Waals surface area contributed by atoms with Gasteiger partial charge in [-0.05, 0) is 5.56 Å². The number of rotatable bonds is 5. The van der Waals surface area contributed by atoms with E-state index in [1.54, 1.807) is 0 Å². The fraction of sp³-hybridized carbons (Fsp3) is 0.353. The van der Waals surface area contributed by atoms with Gasteiger partial charge in [-0.2, -0.15) is 4.98 Å². The van der Waals surface area contributed by atoms with Crippen molar-refractivity contribution in [1.82, 2.24) is 19.5 Å². The predicted molar refractivity (Wildman–Crippen MR) is 99.3 cm³/mol. The van der Waals surface area contributed by atoms with Crippen molar-refractivity contribution < 1.29 is 20.1 Å². The van der Waals surface area contributed by atoms with E-state index in [-0.39, 0.29) is 23.1 Å². The third-order valence-electron chi connectivity index (χ3n) is 4.63. The third kappa shape index (κ3) is 3.10. The standard InChI is InChI=1S/C17H20N6O5/c18-16-21-13-10(14(27)22-16)20-17(19-6-8-4-2-1-3-5-8)23(13)15-12(26)11(25)9(7-24)28-15/h1-5,9,11-12,15,24-26H,6-7H2,(H,19,20)(H3,18,21,22,27)/t9-,11-,12-,15-/m0/s1. The van der Waals surface area contributed by atoms with E-state index in [9.17, 15) is 20.1 Å². The van der Waals surface area contributed by atoms with E-state index >= 15 is 0 Å². The van der Waals surface area contributed by atoms with Gasteiger partial charge in [0, 0.05) is 6.54 Å². The molecule has 1 fully saturated rings. The number of aliphatic hydroxyl groups excluding tert-OH is 3. The Hall–Kier alpha value is -2.99. The number of hydrogen-bond acceptors (Lipinski definition) is 9. The Kier molecular flexibility index (Phi) is 4.73. The molecule has 0 radical (unpaired) electrons. The predicted octanol–water partition coefficient (Wildman–Crippen LogP) is -1.07. The van der Waals surface area contributed by atoms with Gasteiger partial charge in [-0.3, -0.25) is 14.3 Å². The minimum absolute atomic E-state index is 0.00231. The zero-order chi connectivity index (χ0) is 19.8. The molecule has 3 aromatic rings. The summed E-state index contributed by atoms with van der Waals surface area (Å²) in [5.74, 6) is 0.0808. The molecule has 148 valence electrons. The van der Waals surface area contributed by atoms with Crippen LogP contribution in [0.4, 0.5) is 11.9 Å². The van der Waals surface area contributed by atoms with Crippen LogP contribution in [0.5, 0.6) is 0 Å². The number of nitrogen functional groups attached to an aromatic ring is 1. The van der Waals surface area contributed by atoms with Gasteiger partial charge in [0.25, 0.3) is 5.56 Å². The molecule has 0 bridgehead atoms. The molecule has 1 aliphatic heterocycles. The smallest absolute Gasteiger partial charge is 0.280 e. The number of hydrogen-bond donors (Lipinski definition) is 6.